The summed E-state index contributed by atoms with van der Waals surface area (Å²) in [5, 5.41) is 6.79. The van der Waals surface area contributed by atoms with Crippen molar-refractivity contribution in [2.24, 2.45) is 0 Å². The molecule has 6 nitrogen and oxygen atoms in total. The van der Waals surface area contributed by atoms with Gasteiger partial charge in [0.2, 0.25) is 6.79 Å². The molecule has 0 bridgehead atoms. The van der Waals surface area contributed by atoms with Crippen molar-refractivity contribution in [2.75, 3.05) is 26.3 Å². The van der Waals surface area contributed by atoms with Crippen LogP contribution in [0.3, 0.4) is 0 Å². The summed E-state index contributed by atoms with van der Waals surface area (Å²) in [5.74, 6) is 2.83. The molecule has 1 heterocycles. The number of thiocarbonyl (C=S) groups is 1. The van der Waals surface area contributed by atoms with Crippen LogP contribution in [-0.2, 0) is 6.54 Å². The molecule has 1 aliphatic heterocycles. The first-order valence-corrected chi connectivity index (χ1v) is 7.76. The lowest BCUT2D eigenvalue weighted by molar-refractivity contribution is 0.174. The van der Waals surface area contributed by atoms with E-state index in [1.54, 1.807) is 14.2 Å². The number of benzene rings is 2. The molecule has 0 radical (unpaired) electrons. The molecule has 1 aliphatic rings. The van der Waals surface area contributed by atoms with Crippen molar-refractivity contribution < 1.29 is 18.9 Å². The molecule has 0 atom stereocenters. The van der Waals surface area contributed by atoms with Gasteiger partial charge < -0.3 is 29.6 Å². The van der Waals surface area contributed by atoms with E-state index < -0.39 is 0 Å². The molecule has 0 fully saturated rings. The van der Waals surface area contributed by atoms with Gasteiger partial charge in [0, 0.05) is 18.3 Å². The monoisotopic (exact) mass is 346 g/mol. The van der Waals surface area contributed by atoms with Crippen LogP contribution < -0.4 is 29.6 Å². The molecule has 2 aromatic carbocycles. The molecule has 0 aromatic heterocycles. The summed E-state index contributed by atoms with van der Waals surface area (Å²) >= 11 is 5.32. The maximum absolute atomic E-state index is 5.35. The van der Waals surface area contributed by atoms with Gasteiger partial charge in [0.25, 0.3) is 0 Å². The van der Waals surface area contributed by atoms with Crippen molar-refractivity contribution in [1.82, 2.24) is 5.32 Å². The predicted octanol–water partition coefficient (Wildman–Crippen LogP) is 2.92. The summed E-state index contributed by atoms with van der Waals surface area (Å²) in [7, 11) is 3.22. The average Bonchev–Trinajstić information content (AvgIpc) is 3.07. The first-order valence-electron chi connectivity index (χ1n) is 7.35. The standard InChI is InChI=1S/C17H18N2O4S/c1-20-13-5-3-11(7-15(13)21-2)9-18-17(24)19-12-4-6-14-16(8-12)23-10-22-14/h3-8H,9-10H2,1-2H3,(H2,18,19,24). The van der Waals surface area contributed by atoms with Crippen LogP contribution in [0, 0.1) is 0 Å². The Balaban J connectivity index is 1.57. The maximum atomic E-state index is 5.35. The van der Waals surface area contributed by atoms with Crippen LogP contribution in [0.25, 0.3) is 0 Å². The first-order chi connectivity index (χ1) is 11.7. The third-order valence-corrected chi connectivity index (χ3v) is 3.78. The van der Waals surface area contributed by atoms with Crippen LogP contribution in [0.1, 0.15) is 5.56 Å². The number of fused-ring (bicyclic) bond motifs is 1. The summed E-state index contributed by atoms with van der Waals surface area (Å²) in [6.45, 7) is 0.817. The zero-order chi connectivity index (χ0) is 16.9. The summed E-state index contributed by atoms with van der Waals surface area (Å²) in [6, 6.07) is 11.3. The van der Waals surface area contributed by atoms with Gasteiger partial charge in [-0.3, -0.25) is 0 Å². The highest BCUT2D eigenvalue weighted by Crippen LogP contribution is 2.34. The fourth-order valence-electron chi connectivity index (χ4n) is 2.32. The van der Waals surface area contributed by atoms with Crippen LogP contribution >= 0.6 is 12.2 Å². The number of ether oxygens (including phenoxy) is 4. The Morgan fingerprint density at radius 2 is 1.83 bits per heavy atom. The van der Waals surface area contributed by atoms with E-state index in [0.717, 1.165) is 17.0 Å². The lowest BCUT2D eigenvalue weighted by atomic mass is 10.2. The Labute approximate surface area is 145 Å². The van der Waals surface area contributed by atoms with Crippen LogP contribution in [0.15, 0.2) is 36.4 Å². The normalized spacial score (nSPS) is 11.8. The molecule has 0 aliphatic carbocycles. The van der Waals surface area contributed by atoms with E-state index in [2.05, 4.69) is 10.6 Å². The van der Waals surface area contributed by atoms with Gasteiger partial charge in [-0.2, -0.15) is 0 Å². The first kappa shape index (κ1) is 16.2. The number of anilines is 1. The fourth-order valence-corrected chi connectivity index (χ4v) is 2.51. The number of hydrogen-bond acceptors (Lipinski definition) is 5. The van der Waals surface area contributed by atoms with Crippen molar-refractivity contribution in [3.8, 4) is 23.0 Å². The van der Waals surface area contributed by atoms with Gasteiger partial charge >= 0.3 is 0 Å². The minimum atomic E-state index is 0.251. The van der Waals surface area contributed by atoms with E-state index in [0.29, 0.717) is 28.9 Å². The van der Waals surface area contributed by atoms with Gasteiger partial charge in [0.05, 0.1) is 14.2 Å². The molecule has 2 N–H and O–H groups in total. The number of rotatable bonds is 5. The lowest BCUT2D eigenvalue weighted by Gasteiger charge is -2.13. The SMILES string of the molecule is COc1ccc(CNC(=S)Nc2ccc3c(c2)OCO3)cc1OC. The molecule has 3 rings (SSSR count). The molecule has 7 heteroatoms. The molecule has 0 amide bonds. The van der Waals surface area contributed by atoms with Crippen molar-refractivity contribution in [2.45, 2.75) is 6.54 Å². The molecule has 0 saturated carbocycles. The second-order valence-electron chi connectivity index (χ2n) is 5.07. The smallest absolute Gasteiger partial charge is 0.231 e. The maximum Gasteiger partial charge on any atom is 0.231 e. The Morgan fingerprint density at radius 3 is 2.62 bits per heavy atom. The average molecular weight is 346 g/mol. The summed E-state index contributed by atoms with van der Waals surface area (Å²) < 4.78 is 21.2. The molecular weight excluding hydrogens is 328 g/mol. The molecule has 24 heavy (non-hydrogen) atoms. The van der Waals surface area contributed by atoms with Crippen molar-refractivity contribution in [3.63, 3.8) is 0 Å². The number of nitrogens with one attached hydrogen (secondary N) is 2. The van der Waals surface area contributed by atoms with Crippen LogP contribution in [0.2, 0.25) is 0 Å². The Bertz CT molecular complexity index is 751. The van der Waals surface area contributed by atoms with Gasteiger partial charge in [-0.25, -0.2) is 0 Å². The summed E-state index contributed by atoms with van der Waals surface area (Å²) in [5.41, 5.74) is 1.87. The molecule has 0 unspecified atom stereocenters. The second kappa shape index (κ2) is 7.27. The molecule has 126 valence electrons. The highest BCUT2D eigenvalue weighted by Gasteiger charge is 2.13. The Hall–Kier alpha value is -2.67. The summed E-state index contributed by atoms with van der Waals surface area (Å²) in [4.78, 5) is 0. The van der Waals surface area contributed by atoms with Gasteiger partial charge in [0.15, 0.2) is 28.1 Å². The largest absolute Gasteiger partial charge is 0.493 e. The van der Waals surface area contributed by atoms with E-state index in [1.807, 2.05) is 36.4 Å². The van der Waals surface area contributed by atoms with Crippen molar-refractivity contribution >= 4 is 23.0 Å². The summed E-state index contributed by atoms with van der Waals surface area (Å²) in [6.07, 6.45) is 0. The number of methoxy groups -OCH3 is 2. The second-order valence-corrected chi connectivity index (χ2v) is 5.47. The van der Waals surface area contributed by atoms with E-state index >= 15 is 0 Å². The van der Waals surface area contributed by atoms with Crippen molar-refractivity contribution in [1.29, 1.82) is 0 Å². The van der Waals surface area contributed by atoms with Gasteiger partial charge in [-0.15, -0.1) is 0 Å². The Kier molecular flexibility index (Phi) is 4.90. The van der Waals surface area contributed by atoms with Crippen molar-refractivity contribution in [3.05, 3.63) is 42.0 Å². The van der Waals surface area contributed by atoms with E-state index in [4.69, 9.17) is 31.2 Å². The van der Waals surface area contributed by atoms with Gasteiger partial charge in [-0.05, 0) is 42.0 Å². The zero-order valence-corrected chi connectivity index (χ0v) is 14.2. The molecule has 0 spiro atoms. The van der Waals surface area contributed by atoms with Crippen LogP contribution in [-0.4, -0.2) is 26.1 Å². The van der Waals surface area contributed by atoms with E-state index in [-0.39, 0.29) is 6.79 Å². The fraction of sp³-hybridized carbons (Fsp3) is 0.235. The zero-order valence-electron chi connectivity index (χ0n) is 13.4. The molecule has 2 aromatic rings. The third-order valence-electron chi connectivity index (χ3n) is 3.53. The van der Waals surface area contributed by atoms with Gasteiger partial charge in [-0.1, -0.05) is 6.07 Å². The predicted molar refractivity (Wildman–Crippen MR) is 95.2 cm³/mol. The van der Waals surface area contributed by atoms with E-state index in [1.165, 1.54) is 0 Å². The highest BCUT2D eigenvalue weighted by molar-refractivity contribution is 7.80. The van der Waals surface area contributed by atoms with E-state index in [9.17, 15) is 0 Å². The molecule has 0 saturated heterocycles. The Morgan fingerprint density at radius 1 is 1.04 bits per heavy atom. The highest BCUT2D eigenvalue weighted by atomic mass is 32.1. The van der Waals surface area contributed by atoms with Gasteiger partial charge in [0.1, 0.15) is 0 Å². The number of hydrogen-bond donors (Lipinski definition) is 2. The quantitative estimate of drug-likeness (QED) is 0.807. The third kappa shape index (κ3) is 3.62. The minimum Gasteiger partial charge on any atom is -0.493 e. The van der Waals surface area contributed by atoms with Crippen LogP contribution in [0.4, 0.5) is 5.69 Å². The molecular formula is C17H18N2O4S. The minimum absolute atomic E-state index is 0.251. The lowest BCUT2D eigenvalue weighted by Crippen LogP contribution is -2.27. The van der Waals surface area contributed by atoms with Crippen LogP contribution in [0.5, 0.6) is 23.0 Å². The topological polar surface area (TPSA) is 61.0 Å².